The van der Waals surface area contributed by atoms with Crippen LogP contribution in [0, 0.1) is 5.92 Å². The van der Waals surface area contributed by atoms with Gasteiger partial charge in [-0.2, -0.15) is 0 Å². The smallest absolute Gasteiger partial charge is 0.0368 e. The van der Waals surface area contributed by atoms with E-state index in [0.29, 0.717) is 5.41 Å². The summed E-state index contributed by atoms with van der Waals surface area (Å²) in [6, 6.07) is 9.23. The van der Waals surface area contributed by atoms with E-state index >= 15 is 0 Å². The van der Waals surface area contributed by atoms with Crippen LogP contribution in [0.2, 0.25) is 0 Å². The molecule has 1 aromatic carbocycles. The third-order valence-electron chi connectivity index (χ3n) is 4.57. The van der Waals surface area contributed by atoms with E-state index in [-0.39, 0.29) is 0 Å². The Morgan fingerprint density at radius 3 is 2.89 bits per heavy atom. The Balaban J connectivity index is 1.80. The Bertz CT molecular complexity index is 616. The summed E-state index contributed by atoms with van der Waals surface area (Å²) >= 11 is 2.00. The summed E-state index contributed by atoms with van der Waals surface area (Å²) in [5.41, 5.74) is 1.79. The molecule has 2 heterocycles. The molecule has 2 fully saturated rings. The van der Waals surface area contributed by atoms with Crippen molar-refractivity contribution in [3.05, 3.63) is 29.1 Å². The molecule has 18 heavy (non-hydrogen) atoms. The predicted molar refractivity (Wildman–Crippen MR) is 78.8 cm³/mol. The van der Waals surface area contributed by atoms with Gasteiger partial charge in [0.25, 0.3) is 0 Å². The van der Waals surface area contributed by atoms with Crippen LogP contribution in [0.25, 0.3) is 10.1 Å². The average molecular weight is 258 g/mol. The maximum atomic E-state index is 3.53. The summed E-state index contributed by atoms with van der Waals surface area (Å²) in [5, 5.41) is 4.94. The third kappa shape index (κ3) is 1.38. The van der Waals surface area contributed by atoms with Crippen molar-refractivity contribution >= 4 is 27.1 Å². The topological polar surface area (TPSA) is 15.3 Å². The standard InChI is InChI=1S/C15H18N2S/c1-17(2)12-3-4-13-10(5-12)6-14(18-13)15-7-11(15)8-16-9-15/h3-6,11,16H,7-9H2,1-2H3. The Hall–Kier alpha value is -1.06. The van der Waals surface area contributed by atoms with E-state index in [0.717, 1.165) is 5.92 Å². The number of anilines is 1. The molecule has 1 N–H and O–H groups in total. The predicted octanol–water partition coefficient (Wildman–Crippen LogP) is 2.83. The number of fused-ring (bicyclic) bond motifs is 2. The lowest BCUT2D eigenvalue weighted by Gasteiger charge is -2.11. The molecule has 2 aliphatic rings. The fraction of sp³-hybridized carbons (Fsp3) is 0.467. The quantitative estimate of drug-likeness (QED) is 0.891. The Morgan fingerprint density at radius 1 is 1.33 bits per heavy atom. The van der Waals surface area contributed by atoms with Crippen LogP contribution in [-0.4, -0.2) is 27.2 Å². The van der Waals surface area contributed by atoms with E-state index in [1.807, 2.05) is 11.3 Å². The van der Waals surface area contributed by atoms with Gasteiger partial charge in [-0.3, -0.25) is 0 Å². The fourth-order valence-electron chi connectivity index (χ4n) is 3.28. The van der Waals surface area contributed by atoms with Crippen LogP contribution in [-0.2, 0) is 5.41 Å². The SMILES string of the molecule is CN(C)c1ccc2sc(C34CNCC3C4)cc2c1. The lowest BCUT2D eigenvalue weighted by atomic mass is 10.0. The molecule has 1 aromatic heterocycles. The molecule has 2 nitrogen and oxygen atoms in total. The highest BCUT2D eigenvalue weighted by molar-refractivity contribution is 7.19. The van der Waals surface area contributed by atoms with Crippen LogP contribution in [0.4, 0.5) is 5.69 Å². The number of nitrogens with zero attached hydrogens (tertiary/aromatic N) is 1. The van der Waals surface area contributed by atoms with Crippen LogP contribution in [0.15, 0.2) is 24.3 Å². The molecule has 1 aliphatic heterocycles. The first-order valence-corrected chi connectivity index (χ1v) is 7.43. The van der Waals surface area contributed by atoms with Gasteiger partial charge in [0.15, 0.2) is 0 Å². The van der Waals surface area contributed by atoms with Gasteiger partial charge in [-0.05, 0) is 48.5 Å². The van der Waals surface area contributed by atoms with Gasteiger partial charge in [0.05, 0.1) is 0 Å². The van der Waals surface area contributed by atoms with Crippen LogP contribution < -0.4 is 10.2 Å². The molecular formula is C15H18N2S. The Morgan fingerprint density at radius 2 is 2.22 bits per heavy atom. The van der Waals surface area contributed by atoms with Crippen molar-refractivity contribution in [1.82, 2.24) is 5.32 Å². The molecule has 0 bridgehead atoms. The molecule has 4 rings (SSSR count). The van der Waals surface area contributed by atoms with E-state index in [2.05, 4.69) is 48.6 Å². The van der Waals surface area contributed by atoms with Gasteiger partial charge in [0.2, 0.25) is 0 Å². The molecule has 2 aromatic rings. The summed E-state index contributed by atoms with van der Waals surface area (Å²) in [6.07, 6.45) is 1.40. The second-order valence-electron chi connectivity index (χ2n) is 5.92. The Labute approximate surface area is 112 Å². The number of benzene rings is 1. The summed E-state index contributed by atoms with van der Waals surface area (Å²) in [7, 11) is 4.20. The summed E-state index contributed by atoms with van der Waals surface area (Å²) in [4.78, 5) is 3.77. The van der Waals surface area contributed by atoms with E-state index in [4.69, 9.17) is 0 Å². The molecule has 2 atom stereocenters. The average Bonchev–Trinajstić information content (AvgIpc) is 2.76. The summed E-state index contributed by atoms with van der Waals surface area (Å²) in [5.74, 6) is 0.902. The molecule has 0 amide bonds. The van der Waals surface area contributed by atoms with Gasteiger partial charge in [0.1, 0.15) is 0 Å². The number of piperidine rings is 1. The largest absolute Gasteiger partial charge is 0.378 e. The molecule has 0 spiro atoms. The van der Waals surface area contributed by atoms with Crippen LogP contribution in [0.5, 0.6) is 0 Å². The molecule has 0 radical (unpaired) electrons. The summed E-state index contributed by atoms with van der Waals surface area (Å²) < 4.78 is 1.43. The third-order valence-corrected chi connectivity index (χ3v) is 5.91. The monoisotopic (exact) mass is 258 g/mol. The van der Waals surface area contributed by atoms with Crippen LogP contribution >= 0.6 is 11.3 Å². The van der Waals surface area contributed by atoms with E-state index in [1.54, 1.807) is 4.88 Å². The first-order valence-electron chi connectivity index (χ1n) is 6.61. The first kappa shape index (κ1) is 10.8. The van der Waals surface area contributed by atoms with Gasteiger partial charge < -0.3 is 10.2 Å². The number of hydrogen-bond donors (Lipinski definition) is 1. The molecule has 2 unspecified atom stereocenters. The molecule has 1 aliphatic carbocycles. The minimum atomic E-state index is 0.502. The van der Waals surface area contributed by atoms with E-state index < -0.39 is 0 Å². The highest BCUT2D eigenvalue weighted by atomic mass is 32.1. The van der Waals surface area contributed by atoms with Crippen molar-refractivity contribution in [2.24, 2.45) is 5.92 Å². The molecule has 1 saturated carbocycles. The van der Waals surface area contributed by atoms with Gasteiger partial charge in [-0.25, -0.2) is 0 Å². The Kier molecular flexibility index (Phi) is 2.10. The number of thiophene rings is 1. The molecular weight excluding hydrogens is 240 g/mol. The lowest BCUT2D eigenvalue weighted by molar-refractivity contribution is 0.686. The van der Waals surface area contributed by atoms with Crippen molar-refractivity contribution in [3.8, 4) is 0 Å². The molecule has 94 valence electrons. The van der Waals surface area contributed by atoms with Crippen LogP contribution in [0.1, 0.15) is 11.3 Å². The summed E-state index contributed by atoms with van der Waals surface area (Å²) in [6.45, 7) is 2.40. The normalized spacial score (nSPS) is 29.6. The van der Waals surface area contributed by atoms with Crippen molar-refractivity contribution in [3.63, 3.8) is 0 Å². The second kappa shape index (κ2) is 3.49. The zero-order chi connectivity index (χ0) is 12.3. The number of rotatable bonds is 2. The van der Waals surface area contributed by atoms with E-state index in [9.17, 15) is 0 Å². The minimum absolute atomic E-state index is 0.502. The number of hydrogen-bond acceptors (Lipinski definition) is 3. The zero-order valence-electron chi connectivity index (χ0n) is 10.9. The molecule has 1 saturated heterocycles. The maximum Gasteiger partial charge on any atom is 0.0368 e. The minimum Gasteiger partial charge on any atom is -0.378 e. The van der Waals surface area contributed by atoms with Gasteiger partial charge in [0, 0.05) is 41.3 Å². The molecule has 3 heteroatoms. The van der Waals surface area contributed by atoms with Gasteiger partial charge in [-0.1, -0.05) is 0 Å². The van der Waals surface area contributed by atoms with Gasteiger partial charge >= 0.3 is 0 Å². The van der Waals surface area contributed by atoms with Crippen LogP contribution in [0.3, 0.4) is 0 Å². The highest BCUT2D eigenvalue weighted by Gasteiger charge is 2.58. The zero-order valence-corrected chi connectivity index (χ0v) is 11.7. The number of nitrogens with one attached hydrogen (secondary N) is 1. The van der Waals surface area contributed by atoms with E-state index in [1.165, 1.54) is 35.3 Å². The second-order valence-corrected chi connectivity index (χ2v) is 7.00. The van der Waals surface area contributed by atoms with Crippen molar-refractivity contribution in [1.29, 1.82) is 0 Å². The fourth-order valence-corrected chi connectivity index (χ4v) is 4.60. The van der Waals surface area contributed by atoms with Crippen molar-refractivity contribution in [2.45, 2.75) is 11.8 Å². The van der Waals surface area contributed by atoms with Crippen molar-refractivity contribution in [2.75, 3.05) is 32.1 Å². The highest BCUT2D eigenvalue weighted by Crippen LogP contribution is 2.58. The van der Waals surface area contributed by atoms with Gasteiger partial charge in [-0.15, -0.1) is 11.3 Å². The first-order chi connectivity index (χ1) is 8.69. The maximum absolute atomic E-state index is 3.53. The lowest BCUT2D eigenvalue weighted by Crippen LogP contribution is -2.18. The van der Waals surface area contributed by atoms with Crippen molar-refractivity contribution < 1.29 is 0 Å².